The lowest BCUT2D eigenvalue weighted by molar-refractivity contribution is 0.590. The molecule has 0 unspecified atom stereocenters. The molecule has 2 aromatic carbocycles. The summed E-state index contributed by atoms with van der Waals surface area (Å²) in [5, 5.41) is 9.47. The number of halogens is 1. The van der Waals surface area contributed by atoms with Crippen molar-refractivity contribution in [1.29, 1.82) is 5.26 Å². The number of benzene rings is 2. The Hall–Kier alpha value is -2.64. The lowest BCUT2D eigenvalue weighted by Crippen LogP contribution is -2.13. The van der Waals surface area contributed by atoms with Crippen molar-refractivity contribution in [2.75, 3.05) is 0 Å². The Morgan fingerprint density at radius 1 is 0.962 bits per heavy atom. The highest BCUT2D eigenvalue weighted by atomic mass is 79.9. The summed E-state index contributed by atoms with van der Waals surface area (Å²) in [6.07, 6.45) is 0. The number of hydrogen-bond donors (Lipinski definition) is 1. The summed E-state index contributed by atoms with van der Waals surface area (Å²) in [7, 11) is 0. The average Bonchev–Trinajstić information content (AvgIpc) is 2.61. The van der Waals surface area contributed by atoms with Crippen LogP contribution < -0.4 is 5.56 Å². The molecule has 4 heteroatoms. The van der Waals surface area contributed by atoms with Gasteiger partial charge in [-0.1, -0.05) is 73.1 Å². The molecule has 0 aliphatic heterocycles. The topological polar surface area (TPSA) is 56.6 Å². The van der Waals surface area contributed by atoms with Crippen LogP contribution in [-0.4, -0.2) is 4.98 Å². The molecule has 0 aliphatic carbocycles. The first-order chi connectivity index (χ1) is 12.3. The largest absolute Gasteiger partial charge is 0.321 e. The lowest BCUT2D eigenvalue weighted by atomic mass is 9.86. The molecule has 0 atom stereocenters. The van der Waals surface area contributed by atoms with Gasteiger partial charge in [0.15, 0.2) is 0 Å². The minimum atomic E-state index is -0.372. The Bertz CT molecular complexity index is 1030. The van der Waals surface area contributed by atoms with E-state index in [1.165, 1.54) is 5.56 Å². The fraction of sp³-hybridized carbons (Fsp3) is 0.182. The predicted octanol–water partition coefficient (Wildman–Crippen LogP) is 5.64. The number of H-pyrrole nitrogens is 1. The predicted molar refractivity (Wildman–Crippen MR) is 109 cm³/mol. The van der Waals surface area contributed by atoms with Crippen LogP contribution in [0.15, 0.2) is 63.9 Å². The minimum absolute atomic E-state index is 0.0489. The van der Waals surface area contributed by atoms with E-state index in [4.69, 9.17) is 0 Å². The molecule has 1 aromatic heterocycles. The van der Waals surface area contributed by atoms with Crippen molar-refractivity contribution in [2.45, 2.75) is 26.2 Å². The first-order valence-electron chi connectivity index (χ1n) is 8.34. The molecule has 0 aliphatic rings. The van der Waals surface area contributed by atoms with Crippen molar-refractivity contribution in [1.82, 2.24) is 4.98 Å². The Morgan fingerprint density at radius 2 is 1.54 bits per heavy atom. The molecule has 0 saturated carbocycles. The van der Waals surface area contributed by atoms with E-state index in [9.17, 15) is 10.1 Å². The molecule has 3 rings (SSSR count). The van der Waals surface area contributed by atoms with Gasteiger partial charge in [0.25, 0.3) is 5.56 Å². The second-order valence-corrected chi connectivity index (χ2v) is 8.16. The SMILES string of the molecule is CC(C)(C)c1ccc(-c2cc(-c3ccc(Br)cc3)[nH]c(=O)c2C#N)cc1. The van der Waals surface area contributed by atoms with Crippen molar-refractivity contribution in [2.24, 2.45) is 0 Å². The highest BCUT2D eigenvalue weighted by Crippen LogP contribution is 2.29. The van der Waals surface area contributed by atoms with Crippen LogP contribution >= 0.6 is 15.9 Å². The standard InChI is InChI=1S/C22H19BrN2O/c1-22(2,3)16-8-4-14(5-9-16)18-12-20(25-21(26)19(18)13-24)15-6-10-17(23)11-7-15/h4-12H,1-3H3,(H,25,26). The van der Waals surface area contributed by atoms with Gasteiger partial charge < -0.3 is 4.98 Å². The van der Waals surface area contributed by atoms with Crippen LogP contribution in [0.5, 0.6) is 0 Å². The van der Waals surface area contributed by atoms with Gasteiger partial charge in [-0.15, -0.1) is 0 Å². The molecule has 1 heterocycles. The van der Waals surface area contributed by atoms with Gasteiger partial charge in [0, 0.05) is 15.7 Å². The molecule has 0 radical (unpaired) electrons. The zero-order chi connectivity index (χ0) is 18.9. The van der Waals surface area contributed by atoms with Gasteiger partial charge in [0.2, 0.25) is 0 Å². The summed E-state index contributed by atoms with van der Waals surface area (Å²) in [5.41, 5.74) is 4.11. The van der Waals surface area contributed by atoms with Crippen LogP contribution in [0.3, 0.4) is 0 Å². The number of nitrogens with one attached hydrogen (secondary N) is 1. The maximum atomic E-state index is 12.4. The Kier molecular flexibility index (Phi) is 4.84. The molecule has 0 fully saturated rings. The van der Waals surface area contributed by atoms with E-state index in [1.807, 2.05) is 48.5 Å². The summed E-state index contributed by atoms with van der Waals surface area (Å²) in [4.78, 5) is 15.3. The summed E-state index contributed by atoms with van der Waals surface area (Å²) < 4.78 is 0.968. The van der Waals surface area contributed by atoms with Gasteiger partial charge in [-0.3, -0.25) is 4.79 Å². The molecule has 1 N–H and O–H groups in total. The van der Waals surface area contributed by atoms with E-state index in [0.717, 1.165) is 15.6 Å². The number of nitriles is 1. The summed E-state index contributed by atoms with van der Waals surface area (Å²) in [6, 6.07) is 19.7. The van der Waals surface area contributed by atoms with Crippen LogP contribution in [0.2, 0.25) is 0 Å². The van der Waals surface area contributed by atoms with E-state index >= 15 is 0 Å². The summed E-state index contributed by atoms with van der Waals surface area (Å²) >= 11 is 3.41. The number of aromatic nitrogens is 1. The van der Waals surface area contributed by atoms with Crippen LogP contribution in [0.1, 0.15) is 31.9 Å². The van der Waals surface area contributed by atoms with E-state index in [0.29, 0.717) is 11.3 Å². The second-order valence-electron chi connectivity index (χ2n) is 7.25. The van der Waals surface area contributed by atoms with Gasteiger partial charge in [-0.2, -0.15) is 5.26 Å². The van der Waals surface area contributed by atoms with E-state index in [2.05, 4.69) is 53.8 Å². The quantitative estimate of drug-likeness (QED) is 0.598. The Morgan fingerprint density at radius 3 is 2.08 bits per heavy atom. The van der Waals surface area contributed by atoms with Crippen molar-refractivity contribution in [3.05, 3.63) is 80.6 Å². The number of pyridine rings is 1. The maximum Gasteiger partial charge on any atom is 0.266 e. The van der Waals surface area contributed by atoms with Crippen LogP contribution in [0, 0.1) is 11.3 Å². The zero-order valence-electron chi connectivity index (χ0n) is 14.9. The third-order valence-corrected chi connectivity index (χ3v) is 4.89. The monoisotopic (exact) mass is 406 g/mol. The van der Waals surface area contributed by atoms with Crippen molar-refractivity contribution in [3.63, 3.8) is 0 Å². The van der Waals surface area contributed by atoms with Crippen molar-refractivity contribution in [3.8, 4) is 28.5 Å². The van der Waals surface area contributed by atoms with Gasteiger partial charge >= 0.3 is 0 Å². The molecule has 3 aromatic rings. The second kappa shape index (κ2) is 6.93. The average molecular weight is 407 g/mol. The summed E-state index contributed by atoms with van der Waals surface area (Å²) in [6.45, 7) is 6.46. The van der Waals surface area contributed by atoms with E-state index < -0.39 is 0 Å². The van der Waals surface area contributed by atoms with Crippen LogP contribution in [0.4, 0.5) is 0 Å². The first-order valence-corrected chi connectivity index (χ1v) is 9.13. The molecule has 26 heavy (non-hydrogen) atoms. The molecule has 130 valence electrons. The molecule has 3 nitrogen and oxygen atoms in total. The maximum absolute atomic E-state index is 12.4. The highest BCUT2D eigenvalue weighted by Gasteiger charge is 2.16. The fourth-order valence-electron chi connectivity index (χ4n) is 2.83. The molecule has 0 spiro atoms. The number of nitrogens with zero attached hydrogens (tertiary/aromatic N) is 1. The smallest absolute Gasteiger partial charge is 0.266 e. The fourth-order valence-corrected chi connectivity index (χ4v) is 3.10. The Labute approximate surface area is 161 Å². The number of aromatic amines is 1. The van der Waals surface area contributed by atoms with Gasteiger partial charge in [-0.25, -0.2) is 0 Å². The zero-order valence-corrected chi connectivity index (χ0v) is 16.5. The molecular formula is C22H19BrN2O. The van der Waals surface area contributed by atoms with Gasteiger partial charge in [0.1, 0.15) is 11.6 Å². The van der Waals surface area contributed by atoms with Gasteiger partial charge in [0.05, 0.1) is 0 Å². The third kappa shape index (κ3) is 3.63. The van der Waals surface area contributed by atoms with E-state index in [1.54, 1.807) is 0 Å². The third-order valence-electron chi connectivity index (χ3n) is 4.36. The summed E-state index contributed by atoms with van der Waals surface area (Å²) in [5.74, 6) is 0. The molecular weight excluding hydrogens is 388 g/mol. The van der Waals surface area contributed by atoms with E-state index in [-0.39, 0.29) is 16.5 Å². The van der Waals surface area contributed by atoms with Crippen molar-refractivity contribution >= 4 is 15.9 Å². The lowest BCUT2D eigenvalue weighted by Gasteiger charge is -2.19. The van der Waals surface area contributed by atoms with Crippen molar-refractivity contribution < 1.29 is 0 Å². The Balaban J connectivity index is 2.15. The van der Waals surface area contributed by atoms with Crippen LogP contribution in [-0.2, 0) is 5.41 Å². The van der Waals surface area contributed by atoms with Crippen LogP contribution in [0.25, 0.3) is 22.4 Å². The normalized spacial score (nSPS) is 11.2. The highest BCUT2D eigenvalue weighted by molar-refractivity contribution is 9.10. The van der Waals surface area contributed by atoms with Gasteiger partial charge in [-0.05, 0) is 40.3 Å². The molecule has 0 amide bonds. The molecule has 0 saturated heterocycles. The minimum Gasteiger partial charge on any atom is -0.321 e. The number of rotatable bonds is 2. The number of hydrogen-bond acceptors (Lipinski definition) is 2. The first kappa shape index (κ1) is 18.2. The molecule has 0 bridgehead atoms.